The van der Waals surface area contributed by atoms with Crippen LogP contribution in [0, 0.1) is 5.92 Å². The predicted molar refractivity (Wildman–Crippen MR) is 74.4 cm³/mol. The van der Waals surface area contributed by atoms with Crippen molar-refractivity contribution in [2.75, 3.05) is 6.54 Å². The number of carbonyl (C=O) groups excluding carboxylic acids is 2. The van der Waals surface area contributed by atoms with Crippen LogP contribution in [0.4, 0.5) is 0 Å². The number of hydrogen-bond donors (Lipinski definition) is 1. The molecular formula is C12H15BrN2O2S. The lowest BCUT2D eigenvalue weighted by molar-refractivity contribution is -0.123. The molecule has 4 nitrogen and oxygen atoms in total. The van der Waals surface area contributed by atoms with Gasteiger partial charge in [-0.2, -0.15) is 0 Å². The summed E-state index contributed by atoms with van der Waals surface area (Å²) in [6.07, 6.45) is 1.60. The van der Waals surface area contributed by atoms with E-state index in [-0.39, 0.29) is 23.8 Å². The van der Waals surface area contributed by atoms with Gasteiger partial charge in [0, 0.05) is 18.0 Å². The van der Waals surface area contributed by atoms with Gasteiger partial charge in [-0.3, -0.25) is 9.59 Å². The number of rotatable bonds is 2. The zero-order valence-electron chi connectivity index (χ0n) is 10.1. The third-order valence-electron chi connectivity index (χ3n) is 3.36. The molecule has 2 atom stereocenters. The molecule has 0 aromatic carbocycles. The molecule has 2 amide bonds. The molecule has 0 radical (unpaired) electrons. The van der Waals surface area contributed by atoms with E-state index in [1.165, 1.54) is 11.3 Å². The highest BCUT2D eigenvalue weighted by Gasteiger charge is 2.32. The molecule has 1 aliphatic rings. The van der Waals surface area contributed by atoms with Gasteiger partial charge in [0.2, 0.25) is 5.91 Å². The van der Waals surface area contributed by atoms with E-state index in [1.54, 1.807) is 4.90 Å². The van der Waals surface area contributed by atoms with E-state index in [9.17, 15) is 9.59 Å². The van der Waals surface area contributed by atoms with Crippen LogP contribution in [0.15, 0.2) is 15.2 Å². The van der Waals surface area contributed by atoms with Gasteiger partial charge >= 0.3 is 0 Å². The average molecular weight is 331 g/mol. The van der Waals surface area contributed by atoms with Crippen molar-refractivity contribution in [2.24, 2.45) is 11.7 Å². The lowest BCUT2D eigenvalue weighted by Crippen LogP contribution is -2.48. The number of hydrogen-bond acceptors (Lipinski definition) is 3. The number of piperidine rings is 1. The third-order valence-corrected chi connectivity index (χ3v) is 4.86. The molecule has 1 aromatic rings. The molecule has 1 aromatic heterocycles. The van der Waals surface area contributed by atoms with Crippen LogP contribution in [-0.2, 0) is 4.79 Å². The van der Waals surface area contributed by atoms with Crippen molar-refractivity contribution in [2.45, 2.75) is 25.8 Å². The van der Waals surface area contributed by atoms with Crippen molar-refractivity contribution in [3.63, 3.8) is 0 Å². The molecule has 98 valence electrons. The summed E-state index contributed by atoms with van der Waals surface area (Å²) >= 11 is 4.83. The van der Waals surface area contributed by atoms with Crippen molar-refractivity contribution in [3.05, 3.63) is 20.8 Å². The summed E-state index contributed by atoms with van der Waals surface area (Å²) in [6.45, 7) is 2.44. The Labute approximate surface area is 118 Å². The number of nitrogens with two attached hydrogens (primary N) is 1. The fourth-order valence-electron chi connectivity index (χ4n) is 2.21. The Kier molecular flexibility index (Phi) is 4.07. The molecule has 18 heavy (non-hydrogen) atoms. The first-order chi connectivity index (χ1) is 8.49. The van der Waals surface area contributed by atoms with E-state index in [2.05, 4.69) is 15.9 Å². The molecule has 2 unspecified atom stereocenters. The summed E-state index contributed by atoms with van der Waals surface area (Å²) in [7, 11) is 0. The van der Waals surface area contributed by atoms with E-state index in [1.807, 2.05) is 18.4 Å². The molecule has 0 spiro atoms. The van der Waals surface area contributed by atoms with Crippen LogP contribution in [0.5, 0.6) is 0 Å². The van der Waals surface area contributed by atoms with Gasteiger partial charge in [-0.1, -0.05) is 0 Å². The third kappa shape index (κ3) is 2.75. The molecule has 6 heteroatoms. The van der Waals surface area contributed by atoms with Crippen LogP contribution >= 0.6 is 27.3 Å². The number of thiophene rings is 1. The molecule has 1 fully saturated rings. The van der Waals surface area contributed by atoms with Crippen molar-refractivity contribution < 1.29 is 9.59 Å². The van der Waals surface area contributed by atoms with Gasteiger partial charge in [0.1, 0.15) is 0 Å². The van der Waals surface area contributed by atoms with Crippen LogP contribution in [0.3, 0.4) is 0 Å². The van der Waals surface area contributed by atoms with E-state index >= 15 is 0 Å². The molecule has 0 aliphatic carbocycles. The summed E-state index contributed by atoms with van der Waals surface area (Å²) in [6, 6.07) is 1.97. The minimum absolute atomic E-state index is 0.0181. The fourth-order valence-corrected chi connectivity index (χ4v) is 3.34. The van der Waals surface area contributed by atoms with Crippen LogP contribution in [0.25, 0.3) is 0 Å². The minimum atomic E-state index is -0.314. The minimum Gasteiger partial charge on any atom is -0.369 e. The maximum atomic E-state index is 12.4. The van der Waals surface area contributed by atoms with Gasteiger partial charge in [0.25, 0.3) is 5.91 Å². The summed E-state index contributed by atoms with van der Waals surface area (Å²) in [5.41, 5.74) is 6.01. The highest BCUT2D eigenvalue weighted by molar-refractivity contribution is 9.11. The SMILES string of the molecule is CC1CCC(C(N)=O)CN1C(=O)c1csc(Br)c1. The zero-order valence-corrected chi connectivity index (χ0v) is 12.5. The monoisotopic (exact) mass is 330 g/mol. The Balaban J connectivity index is 2.15. The van der Waals surface area contributed by atoms with Crippen LogP contribution in [-0.4, -0.2) is 29.3 Å². The van der Waals surface area contributed by atoms with Crippen molar-refractivity contribution in [3.8, 4) is 0 Å². The highest BCUT2D eigenvalue weighted by atomic mass is 79.9. The smallest absolute Gasteiger partial charge is 0.255 e. The summed E-state index contributed by atoms with van der Waals surface area (Å²) in [5, 5.41) is 1.83. The lowest BCUT2D eigenvalue weighted by atomic mass is 9.92. The topological polar surface area (TPSA) is 63.4 Å². The van der Waals surface area contributed by atoms with Crippen molar-refractivity contribution >= 4 is 39.1 Å². The number of nitrogens with zero attached hydrogens (tertiary/aromatic N) is 1. The lowest BCUT2D eigenvalue weighted by Gasteiger charge is -2.36. The fraction of sp³-hybridized carbons (Fsp3) is 0.500. The molecule has 2 N–H and O–H groups in total. The molecule has 0 bridgehead atoms. The molecule has 1 saturated heterocycles. The first kappa shape index (κ1) is 13.5. The Bertz CT molecular complexity index is 474. The number of halogens is 1. The zero-order chi connectivity index (χ0) is 13.3. The summed E-state index contributed by atoms with van der Waals surface area (Å²) in [5.74, 6) is -0.547. The first-order valence-electron chi connectivity index (χ1n) is 5.83. The quantitative estimate of drug-likeness (QED) is 0.903. The normalized spacial score (nSPS) is 24.0. The maximum absolute atomic E-state index is 12.4. The second kappa shape index (κ2) is 5.40. The predicted octanol–water partition coefficient (Wildman–Crippen LogP) is 2.24. The van der Waals surface area contributed by atoms with E-state index in [0.29, 0.717) is 12.1 Å². The van der Waals surface area contributed by atoms with Crippen LogP contribution < -0.4 is 5.73 Å². The molecule has 2 heterocycles. The largest absolute Gasteiger partial charge is 0.369 e. The Morgan fingerprint density at radius 1 is 1.50 bits per heavy atom. The molecule has 2 rings (SSSR count). The Hall–Kier alpha value is -0.880. The van der Waals surface area contributed by atoms with Gasteiger partial charge < -0.3 is 10.6 Å². The van der Waals surface area contributed by atoms with Gasteiger partial charge in [0.05, 0.1) is 15.3 Å². The van der Waals surface area contributed by atoms with Gasteiger partial charge in [-0.25, -0.2) is 0 Å². The van der Waals surface area contributed by atoms with E-state index in [0.717, 1.165) is 16.6 Å². The number of amides is 2. The van der Waals surface area contributed by atoms with Gasteiger partial charge in [-0.15, -0.1) is 11.3 Å². The number of primary amides is 1. The van der Waals surface area contributed by atoms with Crippen LogP contribution in [0.2, 0.25) is 0 Å². The Morgan fingerprint density at radius 2 is 2.22 bits per heavy atom. The summed E-state index contributed by atoms with van der Waals surface area (Å²) in [4.78, 5) is 25.4. The maximum Gasteiger partial charge on any atom is 0.255 e. The second-order valence-corrected chi connectivity index (χ2v) is 6.91. The second-order valence-electron chi connectivity index (χ2n) is 4.62. The standard InChI is InChI=1S/C12H15BrN2O2S/c1-7-2-3-8(11(14)16)5-15(7)12(17)9-4-10(13)18-6-9/h4,6-8H,2-3,5H2,1H3,(H2,14,16). The first-order valence-corrected chi connectivity index (χ1v) is 7.50. The molecule has 1 aliphatic heterocycles. The highest BCUT2D eigenvalue weighted by Crippen LogP contribution is 2.26. The van der Waals surface area contributed by atoms with Gasteiger partial charge in [0.15, 0.2) is 0 Å². The van der Waals surface area contributed by atoms with Gasteiger partial charge in [-0.05, 0) is 41.8 Å². The van der Waals surface area contributed by atoms with Crippen LogP contribution in [0.1, 0.15) is 30.1 Å². The number of carbonyl (C=O) groups is 2. The molecule has 0 saturated carbocycles. The van der Waals surface area contributed by atoms with E-state index in [4.69, 9.17) is 5.73 Å². The van der Waals surface area contributed by atoms with Crippen molar-refractivity contribution in [1.29, 1.82) is 0 Å². The summed E-state index contributed by atoms with van der Waals surface area (Å²) < 4.78 is 0.932. The average Bonchev–Trinajstić information content (AvgIpc) is 2.75. The molecular weight excluding hydrogens is 316 g/mol. The Morgan fingerprint density at radius 3 is 2.78 bits per heavy atom. The number of likely N-dealkylation sites (tertiary alicyclic amines) is 1. The van der Waals surface area contributed by atoms with Crippen molar-refractivity contribution in [1.82, 2.24) is 4.90 Å². The van der Waals surface area contributed by atoms with E-state index < -0.39 is 0 Å².